The molecule has 1 aromatic heterocycles. The van der Waals surface area contributed by atoms with Crippen molar-refractivity contribution in [3.05, 3.63) is 17.5 Å². The van der Waals surface area contributed by atoms with Crippen LogP contribution in [0, 0.1) is 5.92 Å². The molecule has 0 amide bonds. The van der Waals surface area contributed by atoms with Gasteiger partial charge >= 0.3 is 0 Å². The smallest absolute Gasteiger partial charge is 0.0624 e. The molecule has 104 valence electrons. The third kappa shape index (κ3) is 4.81. The molecule has 1 heterocycles. The minimum Gasteiger partial charge on any atom is -0.314 e. The van der Waals surface area contributed by atoms with Gasteiger partial charge in [0.2, 0.25) is 0 Å². The number of nitrogens with one attached hydrogen (secondary N) is 1. The Kier molecular flexibility index (Phi) is 6.41. The normalized spacial score (nSPS) is 14.7. The maximum Gasteiger partial charge on any atom is 0.0624 e. The van der Waals surface area contributed by atoms with Crippen LogP contribution < -0.4 is 5.32 Å². The van der Waals surface area contributed by atoms with E-state index < -0.39 is 0 Å². The highest BCUT2D eigenvalue weighted by Gasteiger charge is 2.12. The van der Waals surface area contributed by atoms with E-state index in [1.165, 1.54) is 24.2 Å². The molecule has 0 saturated carbocycles. The summed E-state index contributed by atoms with van der Waals surface area (Å²) < 4.78 is 2.04. The molecule has 0 radical (unpaired) electrons. The number of rotatable bonds is 8. The van der Waals surface area contributed by atoms with Gasteiger partial charge in [-0.25, -0.2) is 0 Å². The lowest BCUT2D eigenvalue weighted by atomic mass is 9.97. The Bertz CT molecular complexity index is 344. The molecule has 1 N–H and O–H groups in total. The molecule has 3 nitrogen and oxygen atoms in total. The molecule has 18 heavy (non-hydrogen) atoms. The molecule has 0 fully saturated rings. The Morgan fingerprint density at radius 3 is 2.61 bits per heavy atom. The third-order valence-corrected chi connectivity index (χ3v) is 3.45. The summed E-state index contributed by atoms with van der Waals surface area (Å²) in [6.07, 6.45) is 4.59. The van der Waals surface area contributed by atoms with Crippen molar-refractivity contribution in [3.8, 4) is 0 Å². The van der Waals surface area contributed by atoms with Crippen LogP contribution >= 0.6 is 0 Å². The molecule has 3 heteroatoms. The summed E-state index contributed by atoms with van der Waals surface area (Å²) in [6, 6.07) is 2.86. The van der Waals surface area contributed by atoms with E-state index in [0.717, 1.165) is 19.4 Å². The van der Waals surface area contributed by atoms with E-state index in [1.807, 2.05) is 4.68 Å². The maximum absolute atomic E-state index is 4.51. The van der Waals surface area contributed by atoms with E-state index in [0.29, 0.717) is 12.0 Å². The maximum atomic E-state index is 4.51. The van der Waals surface area contributed by atoms with Crippen molar-refractivity contribution >= 4 is 0 Å². The van der Waals surface area contributed by atoms with E-state index in [1.54, 1.807) is 0 Å². The van der Waals surface area contributed by atoms with Crippen LogP contribution in [0.2, 0.25) is 0 Å². The van der Waals surface area contributed by atoms with Crippen LogP contribution in [0.5, 0.6) is 0 Å². The first-order valence-corrected chi connectivity index (χ1v) is 7.31. The molecule has 0 saturated heterocycles. The second-order valence-corrected chi connectivity index (χ2v) is 5.50. The first kappa shape index (κ1) is 15.2. The first-order valence-electron chi connectivity index (χ1n) is 7.31. The number of aryl methyl sites for hydroxylation is 2. The van der Waals surface area contributed by atoms with Gasteiger partial charge in [-0.2, -0.15) is 5.10 Å². The van der Waals surface area contributed by atoms with E-state index in [4.69, 9.17) is 0 Å². The van der Waals surface area contributed by atoms with Gasteiger partial charge in [-0.1, -0.05) is 20.8 Å². The zero-order valence-corrected chi connectivity index (χ0v) is 12.7. The van der Waals surface area contributed by atoms with Crippen molar-refractivity contribution in [2.75, 3.05) is 6.54 Å². The van der Waals surface area contributed by atoms with Crippen LogP contribution in [0.4, 0.5) is 0 Å². The molecule has 0 bridgehead atoms. The summed E-state index contributed by atoms with van der Waals surface area (Å²) in [5.74, 6) is 0.699. The van der Waals surface area contributed by atoms with Crippen LogP contribution in [0.1, 0.15) is 51.9 Å². The van der Waals surface area contributed by atoms with Crippen molar-refractivity contribution in [2.45, 2.75) is 59.4 Å². The Morgan fingerprint density at radius 1 is 1.33 bits per heavy atom. The average Bonchev–Trinajstić information content (AvgIpc) is 2.67. The summed E-state index contributed by atoms with van der Waals surface area (Å²) in [4.78, 5) is 0. The fourth-order valence-corrected chi connectivity index (χ4v) is 2.45. The van der Waals surface area contributed by atoms with Crippen molar-refractivity contribution < 1.29 is 0 Å². The lowest BCUT2D eigenvalue weighted by Gasteiger charge is -2.18. The van der Waals surface area contributed by atoms with Gasteiger partial charge in [0.25, 0.3) is 0 Å². The number of nitrogens with zero attached hydrogens (tertiary/aromatic N) is 2. The fourth-order valence-electron chi connectivity index (χ4n) is 2.45. The molecular formula is C15H29N3. The van der Waals surface area contributed by atoms with Gasteiger partial charge in [-0.05, 0) is 51.1 Å². The summed E-state index contributed by atoms with van der Waals surface area (Å²) in [5, 5.41) is 8.07. The van der Waals surface area contributed by atoms with Gasteiger partial charge in [-0.15, -0.1) is 0 Å². The minimum absolute atomic E-state index is 0.610. The fraction of sp³-hybridized carbons (Fsp3) is 0.800. The average molecular weight is 251 g/mol. The van der Waals surface area contributed by atoms with Crippen molar-refractivity contribution in [3.63, 3.8) is 0 Å². The molecular weight excluding hydrogens is 222 g/mol. The van der Waals surface area contributed by atoms with Gasteiger partial charge in [0.1, 0.15) is 0 Å². The lowest BCUT2D eigenvalue weighted by Crippen LogP contribution is -2.29. The Balaban J connectivity index is 2.43. The summed E-state index contributed by atoms with van der Waals surface area (Å²) in [6.45, 7) is 10.1. The molecule has 1 rings (SSSR count). The predicted molar refractivity (Wildman–Crippen MR) is 77.8 cm³/mol. The quantitative estimate of drug-likeness (QED) is 0.770. The molecule has 0 aliphatic heterocycles. The van der Waals surface area contributed by atoms with Gasteiger partial charge in [-0.3, -0.25) is 4.68 Å². The zero-order chi connectivity index (χ0) is 13.5. The van der Waals surface area contributed by atoms with E-state index in [2.05, 4.69) is 51.2 Å². The van der Waals surface area contributed by atoms with Gasteiger partial charge in [0.05, 0.1) is 5.69 Å². The number of hydrogen-bond donors (Lipinski definition) is 1. The van der Waals surface area contributed by atoms with Gasteiger partial charge in [0.15, 0.2) is 0 Å². The molecule has 1 aromatic rings. The largest absolute Gasteiger partial charge is 0.314 e. The second kappa shape index (κ2) is 7.57. The molecule has 0 spiro atoms. The van der Waals surface area contributed by atoms with Crippen LogP contribution in [0.3, 0.4) is 0 Å². The highest BCUT2D eigenvalue weighted by atomic mass is 15.3. The Labute approximate surface area is 112 Å². The monoisotopic (exact) mass is 251 g/mol. The topological polar surface area (TPSA) is 29.9 Å². The predicted octanol–water partition coefficient (Wildman–Crippen LogP) is 2.94. The van der Waals surface area contributed by atoms with Crippen LogP contribution in [0.15, 0.2) is 6.07 Å². The third-order valence-electron chi connectivity index (χ3n) is 3.45. The van der Waals surface area contributed by atoms with Gasteiger partial charge < -0.3 is 5.32 Å². The molecule has 0 aromatic carbocycles. The standard InChI is InChI=1S/C15H29N3/c1-6-8-16-13(4)9-12(3)10-15-11-14(7-2)17-18(15)5/h11-13,16H,6-10H2,1-5H3. The Morgan fingerprint density at radius 2 is 2.06 bits per heavy atom. The summed E-state index contributed by atoms with van der Waals surface area (Å²) in [5.41, 5.74) is 2.57. The summed E-state index contributed by atoms with van der Waals surface area (Å²) >= 11 is 0. The van der Waals surface area contributed by atoms with E-state index in [9.17, 15) is 0 Å². The van der Waals surface area contributed by atoms with Crippen molar-refractivity contribution in [1.29, 1.82) is 0 Å². The van der Waals surface area contributed by atoms with Crippen molar-refractivity contribution in [2.24, 2.45) is 13.0 Å². The van der Waals surface area contributed by atoms with Gasteiger partial charge in [0, 0.05) is 18.8 Å². The first-order chi connectivity index (χ1) is 8.56. The van der Waals surface area contributed by atoms with Crippen LogP contribution in [-0.2, 0) is 19.9 Å². The van der Waals surface area contributed by atoms with E-state index in [-0.39, 0.29) is 0 Å². The van der Waals surface area contributed by atoms with Crippen LogP contribution in [-0.4, -0.2) is 22.4 Å². The van der Waals surface area contributed by atoms with Crippen LogP contribution in [0.25, 0.3) is 0 Å². The SMILES string of the molecule is CCCNC(C)CC(C)Cc1cc(CC)nn1C. The molecule has 2 unspecified atom stereocenters. The van der Waals surface area contributed by atoms with Crippen molar-refractivity contribution in [1.82, 2.24) is 15.1 Å². The second-order valence-electron chi connectivity index (χ2n) is 5.50. The van der Waals surface area contributed by atoms with E-state index >= 15 is 0 Å². The molecule has 0 aliphatic rings. The number of aromatic nitrogens is 2. The lowest BCUT2D eigenvalue weighted by molar-refractivity contribution is 0.413. The zero-order valence-electron chi connectivity index (χ0n) is 12.7. The highest BCUT2D eigenvalue weighted by Crippen LogP contribution is 2.14. The molecule has 2 atom stereocenters. The molecule has 0 aliphatic carbocycles. The summed E-state index contributed by atoms with van der Waals surface area (Å²) in [7, 11) is 2.06. The minimum atomic E-state index is 0.610. The number of hydrogen-bond acceptors (Lipinski definition) is 2. The Hall–Kier alpha value is -0.830. The highest BCUT2D eigenvalue weighted by molar-refractivity contribution is 5.10.